The van der Waals surface area contributed by atoms with Crippen LogP contribution in [0.25, 0.3) is 0 Å². The summed E-state index contributed by atoms with van der Waals surface area (Å²) in [4.78, 5) is 11.6. The van der Waals surface area contributed by atoms with Gasteiger partial charge in [0, 0.05) is 0 Å². The molecule has 5 nitrogen and oxygen atoms in total. The highest BCUT2D eigenvalue weighted by Gasteiger charge is 2.52. The Bertz CT molecular complexity index is 292. The molecule has 5 unspecified atom stereocenters. The molecule has 0 bridgehead atoms. The van der Waals surface area contributed by atoms with E-state index in [0.29, 0.717) is 6.42 Å². The second-order valence-electron chi connectivity index (χ2n) is 4.74. The van der Waals surface area contributed by atoms with Crippen molar-refractivity contribution in [2.45, 2.75) is 63.3 Å². The predicted molar refractivity (Wildman–Crippen MR) is 54.7 cm³/mol. The normalized spacial score (nSPS) is 49.6. The number of hydrogen-bond donors (Lipinski definition) is 2. The first-order valence-electron chi connectivity index (χ1n) is 5.69. The van der Waals surface area contributed by atoms with Crippen LogP contribution < -0.4 is 0 Å². The van der Waals surface area contributed by atoms with Crippen LogP contribution in [0.2, 0.25) is 0 Å². The van der Waals surface area contributed by atoms with Crippen LogP contribution >= 0.6 is 0 Å². The summed E-state index contributed by atoms with van der Waals surface area (Å²) in [5.74, 6) is -1.57. The highest BCUT2D eigenvalue weighted by molar-refractivity contribution is 5.85. The van der Waals surface area contributed by atoms with Gasteiger partial charge in [0.05, 0.1) is 18.6 Å². The molecule has 0 aliphatic carbocycles. The Morgan fingerprint density at radius 2 is 1.94 bits per heavy atom. The first-order chi connectivity index (χ1) is 7.44. The molecule has 2 fully saturated rings. The molecule has 0 aromatic heterocycles. The van der Waals surface area contributed by atoms with Gasteiger partial charge < -0.3 is 19.7 Å². The molecule has 1 spiro atoms. The zero-order chi connectivity index (χ0) is 11.9. The first kappa shape index (κ1) is 12.0. The third-order valence-corrected chi connectivity index (χ3v) is 3.34. The van der Waals surface area contributed by atoms with Crippen LogP contribution in [0.3, 0.4) is 0 Å². The Kier molecular flexibility index (Phi) is 3.05. The molecule has 2 aliphatic heterocycles. The lowest BCUT2D eigenvalue weighted by Crippen LogP contribution is -2.61. The maximum absolute atomic E-state index is 11.6. The fourth-order valence-corrected chi connectivity index (χ4v) is 2.39. The Labute approximate surface area is 94.4 Å². The minimum atomic E-state index is -1.24. The maximum Gasteiger partial charge on any atom is 0.202 e. The molecule has 2 aliphatic rings. The van der Waals surface area contributed by atoms with E-state index < -0.39 is 24.1 Å². The van der Waals surface area contributed by atoms with Crippen molar-refractivity contribution in [3.8, 4) is 0 Å². The second kappa shape index (κ2) is 4.07. The molecule has 0 aromatic carbocycles. The van der Waals surface area contributed by atoms with E-state index in [4.69, 9.17) is 9.47 Å². The molecule has 2 N–H and O–H groups in total. The molecule has 2 saturated heterocycles. The molecule has 0 radical (unpaired) electrons. The minimum Gasteiger partial charge on any atom is -0.387 e. The molecule has 2 heterocycles. The summed E-state index contributed by atoms with van der Waals surface area (Å²) in [5, 5.41) is 19.4. The average Bonchev–Trinajstić information content (AvgIpc) is 2.21. The minimum absolute atomic E-state index is 0.0429. The van der Waals surface area contributed by atoms with Gasteiger partial charge in [-0.2, -0.15) is 0 Å². The number of Topliss-reactive ketones (excluding diaryl/α,β-unsaturated/α-hetero) is 1. The number of carbonyl (C=O) groups is 1. The third-order valence-electron chi connectivity index (χ3n) is 3.34. The van der Waals surface area contributed by atoms with E-state index in [1.165, 1.54) is 0 Å². The average molecular weight is 230 g/mol. The van der Waals surface area contributed by atoms with Gasteiger partial charge in [-0.3, -0.25) is 4.79 Å². The Morgan fingerprint density at radius 1 is 1.25 bits per heavy atom. The Hall–Kier alpha value is -0.490. The van der Waals surface area contributed by atoms with Crippen molar-refractivity contribution < 1.29 is 24.5 Å². The van der Waals surface area contributed by atoms with Gasteiger partial charge in [0.2, 0.25) is 5.79 Å². The molecule has 92 valence electrons. The van der Waals surface area contributed by atoms with Crippen LogP contribution in [0.4, 0.5) is 0 Å². The lowest BCUT2D eigenvalue weighted by Gasteiger charge is -2.47. The van der Waals surface area contributed by atoms with Crippen molar-refractivity contribution in [2.75, 3.05) is 0 Å². The Balaban J connectivity index is 2.20. The van der Waals surface area contributed by atoms with Gasteiger partial charge in [-0.05, 0) is 26.7 Å². The molecule has 2 rings (SSSR count). The summed E-state index contributed by atoms with van der Waals surface area (Å²) >= 11 is 0. The van der Waals surface area contributed by atoms with Crippen molar-refractivity contribution in [3.05, 3.63) is 0 Å². The fraction of sp³-hybridized carbons (Fsp3) is 0.909. The van der Waals surface area contributed by atoms with E-state index in [1.807, 2.05) is 6.92 Å². The summed E-state index contributed by atoms with van der Waals surface area (Å²) < 4.78 is 11.1. The SMILES string of the molecule is CC1CCC(O)C2(CC(=O)C(O)C(C)O2)O1. The zero-order valence-corrected chi connectivity index (χ0v) is 9.55. The topological polar surface area (TPSA) is 76.0 Å². The van der Waals surface area contributed by atoms with Gasteiger partial charge in [0.25, 0.3) is 0 Å². The van der Waals surface area contributed by atoms with E-state index >= 15 is 0 Å². The molecule has 5 atom stereocenters. The van der Waals surface area contributed by atoms with Crippen LogP contribution in [0.1, 0.15) is 33.1 Å². The molecule has 0 saturated carbocycles. The van der Waals surface area contributed by atoms with Gasteiger partial charge in [-0.25, -0.2) is 0 Å². The number of ketones is 1. The van der Waals surface area contributed by atoms with Gasteiger partial charge in [0.1, 0.15) is 12.2 Å². The third kappa shape index (κ3) is 1.88. The summed E-state index contributed by atoms with van der Waals surface area (Å²) in [5.41, 5.74) is 0. The summed E-state index contributed by atoms with van der Waals surface area (Å²) in [6.45, 7) is 3.50. The molecule has 0 aromatic rings. The van der Waals surface area contributed by atoms with E-state index in [0.717, 1.165) is 6.42 Å². The predicted octanol–water partition coefficient (Wildman–Crippen LogP) is -0.0187. The summed E-state index contributed by atoms with van der Waals surface area (Å²) in [6.07, 6.45) is -1.38. The molecular formula is C11H18O5. The van der Waals surface area contributed by atoms with Gasteiger partial charge in [-0.1, -0.05) is 0 Å². The number of aliphatic hydroxyl groups excluding tert-OH is 2. The van der Waals surface area contributed by atoms with Crippen molar-refractivity contribution >= 4 is 5.78 Å². The quantitative estimate of drug-likeness (QED) is 0.611. The van der Waals surface area contributed by atoms with Crippen molar-refractivity contribution in [2.24, 2.45) is 0 Å². The number of rotatable bonds is 0. The largest absolute Gasteiger partial charge is 0.387 e. The Morgan fingerprint density at radius 3 is 2.56 bits per heavy atom. The van der Waals surface area contributed by atoms with Crippen LogP contribution in [0, 0.1) is 0 Å². The summed E-state index contributed by atoms with van der Waals surface area (Å²) in [6, 6.07) is 0. The van der Waals surface area contributed by atoms with Crippen LogP contribution in [-0.4, -0.2) is 46.2 Å². The van der Waals surface area contributed by atoms with E-state index in [1.54, 1.807) is 6.92 Å². The van der Waals surface area contributed by atoms with E-state index in [2.05, 4.69) is 0 Å². The van der Waals surface area contributed by atoms with Gasteiger partial charge in [-0.15, -0.1) is 0 Å². The highest BCUT2D eigenvalue weighted by atomic mass is 16.7. The number of aliphatic hydroxyl groups is 2. The van der Waals surface area contributed by atoms with Crippen LogP contribution in [0.5, 0.6) is 0 Å². The molecule has 0 amide bonds. The van der Waals surface area contributed by atoms with Crippen LogP contribution in [0.15, 0.2) is 0 Å². The second-order valence-corrected chi connectivity index (χ2v) is 4.74. The molecule has 16 heavy (non-hydrogen) atoms. The van der Waals surface area contributed by atoms with E-state index in [-0.39, 0.29) is 18.3 Å². The number of carbonyl (C=O) groups excluding carboxylic acids is 1. The molecule has 5 heteroatoms. The van der Waals surface area contributed by atoms with Crippen molar-refractivity contribution in [3.63, 3.8) is 0 Å². The number of ether oxygens (including phenoxy) is 2. The number of hydrogen-bond acceptors (Lipinski definition) is 5. The lowest BCUT2D eigenvalue weighted by atomic mass is 9.89. The first-order valence-corrected chi connectivity index (χ1v) is 5.69. The zero-order valence-electron chi connectivity index (χ0n) is 9.55. The van der Waals surface area contributed by atoms with Gasteiger partial charge in [0.15, 0.2) is 5.78 Å². The van der Waals surface area contributed by atoms with Crippen molar-refractivity contribution in [1.82, 2.24) is 0 Å². The lowest BCUT2D eigenvalue weighted by molar-refractivity contribution is -0.345. The van der Waals surface area contributed by atoms with Gasteiger partial charge >= 0.3 is 0 Å². The van der Waals surface area contributed by atoms with Crippen LogP contribution in [-0.2, 0) is 14.3 Å². The smallest absolute Gasteiger partial charge is 0.202 e. The fourth-order valence-electron chi connectivity index (χ4n) is 2.39. The highest BCUT2D eigenvalue weighted by Crippen LogP contribution is 2.38. The van der Waals surface area contributed by atoms with E-state index in [9.17, 15) is 15.0 Å². The molecular weight excluding hydrogens is 212 g/mol. The maximum atomic E-state index is 11.6. The standard InChI is InChI=1S/C11H18O5/c1-6-3-4-9(13)11(15-6)5-8(12)10(14)7(2)16-11/h6-7,9-10,13-14H,3-5H2,1-2H3. The van der Waals surface area contributed by atoms with Crippen molar-refractivity contribution in [1.29, 1.82) is 0 Å². The summed E-state index contributed by atoms with van der Waals surface area (Å²) in [7, 11) is 0. The monoisotopic (exact) mass is 230 g/mol.